The van der Waals surface area contributed by atoms with Crippen molar-refractivity contribution in [3.8, 4) is 11.5 Å². The van der Waals surface area contributed by atoms with Crippen LogP contribution in [0, 0.1) is 0 Å². The van der Waals surface area contributed by atoms with Gasteiger partial charge in [-0.1, -0.05) is 0 Å². The maximum atomic E-state index is 12.7. The number of benzene rings is 1. The Balaban J connectivity index is 1.41. The highest BCUT2D eigenvalue weighted by molar-refractivity contribution is 6.00. The van der Waals surface area contributed by atoms with Crippen molar-refractivity contribution in [2.75, 3.05) is 60.3 Å². The molecule has 0 aliphatic carbocycles. The van der Waals surface area contributed by atoms with Crippen molar-refractivity contribution in [1.29, 1.82) is 0 Å². The lowest BCUT2D eigenvalue weighted by atomic mass is 10.0. The molecule has 1 N–H and O–H groups in total. The van der Waals surface area contributed by atoms with Crippen LogP contribution in [0.15, 0.2) is 18.2 Å². The van der Waals surface area contributed by atoms with Crippen molar-refractivity contribution in [1.82, 2.24) is 20.0 Å². The van der Waals surface area contributed by atoms with Crippen LogP contribution in [0.3, 0.4) is 0 Å². The average molecular weight is 390 g/mol. The number of ether oxygens (including phenoxy) is 2. The summed E-state index contributed by atoms with van der Waals surface area (Å²) in [6, 6.07) is 4.85. The van der Waals surface area contributed by atoms with Crippen molar-refractivity contribution in [2.45, 2.75) is 19.4 Å². The van der Waals surface area contributed by atoms with Crippen molar-refractivity contribution in [3.63, 3.8) is 0 Å². The highest BCUT2D eigenvalue weighted by Gasteiger charge is 2.23. The van der Waals surface area contributed by atoms with Gasteiger partial charge in [-0.15, -0.1) is 0 Å². The molecule has 1 fully saturated rings. The molecule has 1 aromatic rings. The Morgan fingerprint density at radius 2 is 1.89 bits per heavy atom. The number of amides is 1. The first kappa shape index (κ1) is 20.6. The van der Waals surface area contributed by atoms with E-state index in [2.05, 4.69) is 22.2 Å². The Bertz CT molecular complexity index is 703. The standard InChI is InChI=1S/C20H30N4O4/c1-15(20(26)16-4-5-17-18(12-16)28-14-27-17)23(3)13-21-19(25)6-7-24-10-8-22(2)9-11-24/h4-5,12,15H,6-11,13-14H2,1-3H3,(H,21,25). The van der Waals surface area contributed by atoms with Gasteiger partial charge in [-0.25, -0.2) is 0 Å². The number of Topliss-reactive ketones (excluding diaryl/α,β-unsaturated/α-hetero) is 1. The van der Waals surface area contributed by atoms with E-state index >= 15 is 0 Å². The molecule has 2 aliphatic heterocycles. The first-order valence-corrected chi connectivity index (χ1v) is 9.76. The molecule has 154 valence electrons. The number of carbonyl (C=O) groups is 2. The third kappa shape index (κ3) is 5.21. The molecule has 28 heavy (non-hydrogen) atoms. The first-order valence-electron chi connectivity index (χ1n) is 9.76. The van der Waals surface area contributed by atoms with Crippen LogP contribution in [-0.2, 0) is 4.79 Å². The Hall–Kier alpha value is -2.16. The zero-order chi connectivity index (χ0) is 20.1. The summed E-state index contributed by atoms with van der Waals surface area (Å²) in [4.78, 5) is 31.3. The maximum Gasteiger partial charge on any atom is 0.231 e. The average Bonchev–Trinajstić information content (AvgIpc) is 3.18. The molecule has 0 radical (unpaired) electrons. The van der Waals surface area contributed by atoms with Crippen molar-refractivity contribution < 1.29 is 19.1 Å². The molecule has 2 aliphatic rings. The Morgan fingerprint density at radius 1 is 1.18 bits per heavy atom. The number of fused-ring (bicyclic) bond motifs is 1. The third-order valence-corrected chi connectivity index (χ3v) is 5.47. The minimum absolute atomic E-state index is 0.00788. The fraction of sp³-hybridized carbons (Fsp3) is 0.600. The zero-order valence-electron chi connectivity index (χ0n) is 16.9. The largest absolute Gasteiger partial charge is 0.454 e. The van der Waals surface area contributed by atoms with Crippen molar-refractivity contribution >= 4 is 11.7 Å². The predicted octanol–water partition coefficient (Wildman–Crippen LogP) is 0.630. The lowest BCUT2D eigenvalue weighted by molar-refractivity contribution is -0.122. The topological polar surface area (TPSA) is 74.3 Å². The monoisotopic (exact) mass is 390 g/mol. The van der Waals surface area contributed by atoms with Gasteiger partial charge >= 0.3 is 0 Å². The number of nitrogens with one attached hydrogen (secondary N) is 1. The second-order valence-electron chi connectivity index (χ2n) is 7.52. The number of hydrogen-bond acceptors (Lipinski definition) is 7. The molecular weight excluding hydrogens is 360 g/mol. The number of likely N-dealkylation sites (N-methyl/N-ethyl adjacent to an activating group) is 2. The quantitative estimate of drug-likeness (QED) is 0.515. The smallest absolute Gasteiger partial charge is 0.231 e. The van der Waals surface area contributed by atoms with Gasteiger partial charge < -0.3 is 24.6 Å². The number of ketones is 1. The van der Waals surface area contributed by atoms with Crippen LogP contribution >= 0.6 is 0 Å². The van der Waals surface area contributed by atoms with Gasteiger partial charge in [0, 0.05) is 44.7 Å². The van der Waals surface area contributed by atoms with E-state index in [1.54, 1.807) is 18.2 Å². The second-order valence-corrected chi connectivity index (χ2v) is 7.52. The lowest BCUT2D eigenvalue weighted by Gasteiger charge is -2.32. The molecule has 0 spiro atoms. The van der Waals surface area contributed by atoms with Crippen LogP contribution in [0.4, 0.5) is 0 Å². The number of hydrogen-bond donors (Lipinski definition) is 1. The van der Waals surface area contributed by atoms with Gasteiger partial charge in [-0.05, 0) is 39.2 Å². The summed E-state index contributed by atoms with van der Waals surface area (Å²) in [6.07, 6.45) is 0.474. The van der Waals surface area contributed by atoms with E-state index in [9.17, 15) is 9.59 Å². The Morgan fingerprint density at radius 3 is 2.64 bits per heavy atom. The molecule has 2 heterocycles. The van der Waals surface area contributed by atoms with Crippen molar-refractivity contribution in [3.05, 3.63) is 23.8 Å². The highest BCUT2D eigenvalue weighted by Crippen LogP contribution is 2.32. The minimum Gasteiger partial charge on any atom is -0.454 e. The second kappa shape index (κ2) is 9.36. The molecule has 1 unspecified atom stereocenters. The van der Waals surface area contributed by atoms with Gasteiger partial charge in [0.2, 0.25) is 12.7 Å². The van der Waals surface area contributed by atoms with E-state index in [0.29, 0.717) is 30.2 Å². The minimum atomic E-state index is -0.363. The van der Waals surface area contributed by atoms with E-state index in [1.165, 1.54) is 0 Å². The summed E-state index contributed by atoms with van der Waals surface area (Å²) >= 11 is 0. The number of rotatable bonds is 8. The van der Waals surface area contributed by atoms with Gasteiger partial charge in [-0.3, -0.25) is 14.5 Å². The molecule has 0 saturated carbocycles. The first-order chi connectivity index (χ1) is 13.4. The Kier molecular flexibility index (Phi) is 6.88. The number of nitrogens with zero attached hydrogens (tertiary/aromatic N) is 3. The molecule has 8 nitrogen and oxygen atoms in total. The molecule has 0 bridgehead atoms. The molecule has 1 saturated heterocycles. The third-order valence-electron chi connectivity index (χ3n) is 5.47. The fourth-order valence-electron chi connectivity index (χ4n) is 3.26. The van der Waals surface area contributed by atoms with Gasteiger partial charge in [0.25, 0.3) is 0 Å². The molecule has 8 heteroatoms. The summed E-state index contributed by atoms with van der Waals surface area (Å²) in [5.41, 5.74) is 0.574. The van der Waals surface area contributed by atoms with Crippen LogP contribution in [0.2, 0.25) is 0 Å². The molecule has 1 aromatic carbocycles. The lowest BCUT2D eigenvalue weighted by Crippen LogP contribution is -2.46. The van der Waals surface area contributed by atoms with Crippen LogP contribution in [0.1, 0.15) is 23.7 Å². The van der Waals surface area contributed by atoms with Gasteiger partial charge in [0.1, 0.15) is 0 Å². The summed E-state index contributed by atoms with van der Waals surface area (Å²) in [5.74, 6) is 1.24. The van der Waals surface area contributed by atoms with E-state index in [0.717, 1.165) is 32.7 Å². The predicted molar refractivity (Wildman–Crippen MR) is 106 cm³/mol. The molecule has 0 aromatic heterocycles. The summed E-state index contributed by atoms with van der Waals surface area (Å²) in [5, 5.41) is 2.91. The van der Waals surface area contributed by atoms with Crippen LogP contribution in [0.25, 0.3) is 0 Å². The molecule has 1 atom stereocenters. The van der Waals surface area contributed by atoms with E-state index in [4.69, 9.17) is 9.47 Å². The fourth-order valence-corrected chi connectivity index (χ4v) is 3.26. The zero-order valence-corrected chi connectivity index (χ0v) is 16.9. The van der Waals surface area contributed by atoms with Gasteiger partial charge in [0.15, 0.2) is 17.3 Å². The van der Waals surface area contributed by atoms with Gasteiger partial charge in [0.05, 0.1) is 12.7 Å². The van der Waals surface area contributed by atoms with E-state index in [-0.39, 0.29) is 24.5 Å². The van der Waals surface area contributed by atoms with Crippen LogP contribution < -0.4 is 14.8 Å². The summed E-state index contributed by atoms with van der Waals surface area (Å²) in [6.45, 7) is 7.23. The van der Waals surface area contributed by atoms with E-state index in [1.807, 2.05) is 18.9 Å². The highest BCUT2D eigenvalue weighted by atomic mass is 16.7. The Labute approximate surface area is 166 Å². The summed E-state index contributed by atoms with van der Waals surface area (Å²) < 4.78 is 10.6. The van der Waals surface area contributed by atoms with Gasteiger partial charge in [-0.2, -0.15) is 0 Å². The molecule has 1 amide bonds. The molecular formula is C20H30N4O4. The summed E-state index contributed by atoms with van der Waals surface area (Å²) in [7, 11) is 3.95. The SMILES string of the molecule is CC(C(=O)c1ccc2c(c1)OCO2)N(C)CNC(=O)CCN1CCN(C)CC1. The van der Waals surface area contributed by atoms with Crippen molar-refractivity contribution in [2.24, 2.45) is 0 Å². The van der Waals surface area contributed by atoms with E-state index < -0.39 is 0 Å². The number of piperazine rings is 1. The normalized spacial score (nSPS) is 18.3. The van der Waals surface area contributed by atoms with Crippen LogP contribution in [-0.4, -0.2) is 92.7 Å². The maximum absolute atomic E-state index is 12.7. The molecule has 3 rings (SSSR count). The number of carbonyl (C=O) groups excluding carboxylic acids is 2. The van der Waals surface area contributed by atoms with Crippen LogP contribution in [0.5, 0.6) is 11.5 Å².